The lowest BCUT2D eigenvalue weighted by molar-refractivity contribution is 0.0500. The Morgan fingerprint density at radius 1 is 1.24 bits per heavy atom. The van der Waals surface area contributed by atoms with Crippen LogP contribution in [0.1, 0.15) is 27.9 Å². The standard InChI is InChI=1S/C17H18FNO2/c1-12-15(18)10-14(11-16(12)19)17(20)21-9-5-8-13-6-3-2-4-7-13/h2-4,6-7,10-11H,5,8-9,19H2,1H3. The molecule has 2 N–H and O–H groups in total. The molecule has 0 aliphatic carbocycles. The van der Waals surface area contributed by atoms with Crippen LogP contribution in [-0.4, -0.2) is 12.6 Å². The Kier molecular flexibility index (Phi) is 4.93. The van der Waals surface area contributed by atoms with Gasteiger partial charge >= 0.3 is 5.97 Å². The summed E-state index contributed by atoms with van der Waals surface area (Å²) in [5.41, 5.74) is 7.58. The largest absolute Gasteiger partial charge is 0.462 e. The average Bonchev–Trinajstić information content (AvgIpc) is 2.49. The molecule has 0 bridgehead atoms. The molecule has 0 saturated carbocycles. The highest BCUT2D eigenvalue weighted by molar-refractivity contribution is 5.90. The van der Waals surface area contributed by atoms with Crippen LogP contribution >= 0.6 is 0 Å². The molecule has 0 unspecified atom stereocenters. The third-order valence-corrected chi connectivity index (χ3v) is 3.31. The Labute approximate surface area is 123 Å². The molecule has 0 aliphatic rings. The van der Waals surface area contributed by atoms with Crippen LogP contribution in [0.15, 0.2) is 42.5 Å². The number of rotatable bonds is 5. The van der Waals surface area contributed by atoms with Gasteiger partial charge in [-0.25, -0.2) is 9.18 Å². The van der Waals surface area contributed by atoms with Gasteiger partial charge in [0.1, 0.15) is 5.82 Å². The molecule has 0 atom stereocenters. The van der Waals surface area contributed by atoms with Gasteiger partial charge in [-0.05, 0) is 37.5 Å². The van der Waals surface area contributed by atoms with Crippen molar-refractivity contribution >= 4 is 11.7 Å². The van der Waals surface area contributed by atoms with Crippen LogP contribution < -0.4 is 5.73 Å². The minimum Gasteiger partial charge on any atom is -0.462 e. The maximum absolute atomic E-state index is 13.5. The fraction of sp³-hybridized carbons (Fsp3) is 0.235. The summed E-state index contributed by atoms with van der Waals surface area (Å²) in [6.07, 6.45) is 1.55. The van der Waals surface area contributed by atoms with Crippen molar-refractivity contribution in [1.29, 1.82) is 0 Å². The first-order chi connectivity index (χ1) is 10.1. The van der Waals surface area contributed by atoms with E-state index in [1.807, 2.05) is 30.3 Å². The Hall–Kier alpha value is -2.36. The smallest absolute Gasteiger partial charge is 0.338 e. The summed E-state index contributed by atoms with van der Waals surface area (Å²) in [5, 5.41) is 0. The second-order valence-corrected chi connectivity index (χ2v) is 4.90. The molecular formula is C17H18FNO2. The van der Waals surface area contributed by atoms with E-state index in [2.05, 4.69) is 0 Å². The van der Waals surface area contributed by atoms with Gasteiger partial charge < -0.3 is 10.5 Å². The van der Waals surface area contributed by atoms with Crippen LogP contribution in [0.25, 0.3) is 0 Å². The third kappa shape index (κ3) is 4.05. The van der Waals surface area contributed by atoms with Crippen molar-refractivity contribution in [2.24, 2.45) is 0 Å². The predicted octanol–water partition coefficient (Wildman–Crippen LogP) is 3.51. The van der Waals surface area contributed by atoms with E-state index in [-0.39, 0.29) is 11.3 Å². The number of aryl methyl sites for hydroxylation is 1. The second kappa shape index (κ2) is 6.88. The number of carbonyl (C=O) groups excluding carboxylic acids is 1. The van der Waals surface area contributed by atoms with E-state index in [9.17, 15) is 9.18 Å². The molecule has 21 heavy (non-hydrogen) atoms. The molecule has 2 rings (SSSR count). The van der Waals surface area contributed by atoms with Gasteiger partial charge in [0, 0.05) is 11.3 Å². The molecule has 0 aliphatic heterocycles. The monoisotopic (exact) mass is 287 g/mol. The summed E-state index contributed by atoms with van der Waals surface area (Å²) in [6, 6.07) is 12.6. The molecule has 110 valence electrons. The minimum atomic E-state index is -0.548. The van der Waals surface area contributed by atoms with Gasteiger partial charge in [-0.3, -0.25) is 0 Å². The second-order valence-electron chi connectivity index (χ2n) is 4.90. The Bertz CT molecular complexity index is 603. The van der Waals surface area contributed by atoms with E-state index in [4.69, 9.17) is 10.5 Å². The first-order valence-corrected chi connectivity index (χ1v) is 6.84. The van der Waals surface area contributed by atoms with Crippen molar-refractivity contribution in [3.8, 4) is 0 Å². The van der Waals surface area contributed by atoms with Crippen LogP contribution in [0.3, 0.4) is 0 Å². The van der Waals surface area contributed by atoms with Crippen LogP contribution in [0.2, 0.25) is 0 Å². The number of esters is 1. The number of ether oxygens (including phenoxy) is 1. The molecule has 0 spiro atoms. The number of halogens is 1. The van der Waals surface area contributed by atoms with Crippen molar-refractivity contribution in [2.45, 2.75) is 19.8 Å². The van der Waals surface area contributed by atoms with Gasteiger partial charge in [-0.15, -0.1) is 0 Å². The number of benzene rings is 2. The summed E-state index contributed by atoms with van der Waals surface area (Å²) < 4.78 is 18.7. The normalized spacial score (nSPS) is 10.4. The number of nitrogens with two attached hydrogens (primary N) is 1. The summed E-state index contributed by atoms with van der Waals surface area (Å²) in [4.78, 5) is 11.8. The molecule has 0 saturated heterocycles. The summed E-state index contributed by atoms with van der Waals surface area (Å²) in [6.45, 7) is 1.86. The predicted molar refractivity (Wildman–Crippen MR) is 80.6 cm³/mol. The maximum Gasteiger partial charge on any atom is 0.338 e. The highest BCUT2D eigenvalue weighted by Crippen LogP contribution is 2.18. The van der Waals surface area contributed by atoms with Crippen molar-refractivity contribution in [1.82, 2.24) is 0 Å². The summed E-state index contributed by atoms with van der Waals surface area (Å²) in [5.74, 6) is -1.04. The summed E-state index contributed by atoms with van der Waals surface area (Å²) in [7, 11) is 0. The molecule has 0 radical (unpaired) electrons. The van der Waals surface area contributed by atoms with Gasteiger partial charge in [0.15, 0.2) is 0 Å². The molecule has 0 amide bonds. The molecule has 4 heteroatoms. The fourth-order valence-corrected chi connectivity index (χ4v) is 1.99. The molecule has 2 aromatic carbocycles. The zero-order valence-electron chi connectivity index (χ0n) is 11.9. The molecule has 3 nitrogen and oxygen atoms in total. The van der Waals surface area contributed by atoms with Gasteiger partial charge in [-0.1, -0.05) is 30.3 Å². The topological polar surface area (TPSA) is 52.3 Å². The van der Waals surface area contributed by atoms with E-state index in [0.717, 1.165) is 18.9 Å². The van der Waals surface area contributed by atoms with Crippen LogP contribution in [0, 0.1) is 12.7 Å². The lowest BCUT2D eigenvalue weighted by Crippen LogP contribution is -2.09. The Morgan fingerprint density at radius 3 is 2.62 bits per heavy atom. The zero-order chi connectivity index (χ0) is 15.2. The molecule has 0 aromatic heterocycles. The SMILES string of the molecule is Cc1c(N)cc(C(=O)OCCCc2ccccc2)cc1F. The van der Waals surface area contributed by atoms with Gasteiger partial charge in [-0.2, -0.15) is 0 Å². The quantitative estimate of drug-likeness (QED) is 0.520. The number of hydrogen-bond acceptors (Lipinski definition) is 3. The number of hydrogen-bond donors (Lipinski definition) is 1. The molecule has 0 heterocycles. The minimum absolute atomic E-state index is 0.148. The van der Waals surface area contributed by atoms with E-state index >= 15 is 0 Å². The van der Waals surface area contributed by atoms with E-state index in [1.54, 1.807) is 6.92 Å². The number of nitrogen functional groups attached to an aromatic ring is 1. The molecular weight excluding hydrogens is 269 g/mol. The number of anilines is 1. The lowest BCUT2D eigenvalue weighted by atomic mass is 10.1. The van der Waals surface area contributed by atoms with Crippen molar-refractivity contribution < 1.29 is 13.9 Å². The number of carbonyl (C=O) groups is 1. The van der Waals surface area contributed by atoms with E-state index in [0.29, 0.717) is 12.2 Å². The average molecular weight is 287 g/mol. The van der Waals surface area contributed by atoms with Gasteiger partial charge in [0.05, 0.1) is 12.2 Å². The molecule has 0 fully saturated rings. The van der Waals surface area contributed by atoms with Crippen molar-refractivity contribution in [3.05, 3.63) is 65.0 Å². The van der Waals surface area contributed by atoms with E-state index in [1.165, 1.54) is 11.6 Å². The zero-order valence-corrected chi connectivity index (χ0v) is 11.9. The van der Waals surface area contributed by atoms with Crippen molar-refractivity contribution in [2.75, 3.05) is 12.3 Å². The van der Waals surface area contributed by atoms with Crippen LogP contribution in [0.5, 0.6) is 0 Å². The third-order valence-electron chi connectivity index (χ3n) is 3.31. The molecule has 2 aromatic rings. The van der Waals surface area contributed by atoms with E-state index < -0.39 is 11.8 Å². The van der Waals surface area contributed by atoms with Gasteiger partial charge in [0.2, 0.25) is 0 Å². The van der Waals surface area contributed by atoms with Crippen molar-refractivity contribution in [3.63, 3.8) is 0 Å². The first-order valence-electron chi connectivity index (χ1n) is 6.84. The Balaban J connectivity index is 1.85. The summed E-state index contributed by atoms with van der Waals surface area (Å²) >= 11 is 0. The van der Waals surface area contributed by atoms with Crippen LogP contribution in [-0.2, 0) is 11.2 Å². The Morgan fingerprint density at radius 2 is 1.95 bits per heavy atom. The van der Waals surface area contributed by atoms with Crippen LogP contribution in [0.4, 0.5) is 10.1 Å². The maximum atomic E-state index is 13.5. The lowest BCUT2D eigenvalue weighted by Gasteiger charge is -2.08. The highest BCUT2D eigenvalue weighted by Gasteiger charge is 2.12. The van der Waals surface area contributed by atoms with Gasteiger partial charge in [0.25, 0.3) is 0 Å². The fourth-order valence-electron chi connectivity index (χ4n) is 1.99. The highest BCUT2D eigenvalue weighted by atomic mass is 19.1. The first kappa shape index (κ1) is 15.0.